The number of carbonyl (C=O) groups is 2. The van der Waals surface area contributed by atoms with Gasteiger partial charge in [-0.25, -0.2) is 9.37 Å². The van der Waals surface area contributed by atoms with Crippen LogP contribution in [0.25, 0.3) is 0 Å². The highest BCUT2D eigenvalue weighted by molar-refractivity contribution is 6.33. The van der Waals surface area contributed by atoms with Crippen LogP contribution in [0.3, 0.4) is 0 Å². The van der Waals surface area contributed by atoms with Crippen LogP contribution in [-0.2, 0) is 11.3 Å². The summed E-state index contributed by atoms with van der Waals surface area (Å²) in [6, 6.07) is 3.63. The minimum absolute atomic E-state index is 0.0850. The molecule has 1 aromatic carbocycles. The second-order valence-corrected chi connectivity index (χ2v) is 7.74. The van der Waals surface area contributed by atoms with Crippen LogP contribution in [0.15, 0.2) is 36.5 Å². The monoisotopic (exact) mass is 433 g/mol. The molecule has 0 fully saturated rings. The molecule has 0 spiro atoms. The molecule has 0 bridgehead atoms. The topological polar surface area (TPSA) is 70.5 Å². The first-order valence-electron chi connectivity index (χ1n) is 9.76. The van der Waals surface area contributed by atoms with Gasteiger partial charge in [0, 0.05) is 19.2 Å². The lowest BCUT2D eigenvalue weighted by atomic mass is 10.2. The molecule has 2 heterocycles. The van der Waals surface area contributed by atoms with E-state index in [0.717, 1.165) is 6.54 Å². The van der Waals surface area contributed by atoms with Crippen LogP contribution in [0.1, 0.15) is 36.2 Å². The molecule has 3 rings (SSSR count). The number of hydrogen-bond donors (Lipinski definition) is 1. The van der Waals surface area contributed by atoms with Gasteiger partial charge in [0.05, 0.1) is 29.5 Å². The molecule has 0 saturated heterocycles. The summed E-state index contributed by atoms with van der Waals surface area (Å²) in [4.78, 5) is 33.4. The molecule has 7 nitrogen and oxygen atoms in total. The Morgan fingerprint density at radius 2 is 2.20 bits per heavy atom. The Kier molecular flexibility index (Phi) is 6.89. The predicted molar refractivity (Wildman–Crippen MR) is 114 cm³/mol. The minimum Gasteiger partial charge on any atom is -0.330 e. The fourth-order valence-electron chi connectivity index (χ4n) is 3.33. The molecular weight excluding hydrogens is 409 g/mol. The van der Waals surface area contributed by atoms with Gasteiger partial charge in [-0.15, -0.1) is 0 Å². The molecule has 1 aromatic heterocycles. The van der Waals surface area contributed by atoms with Gasteiger partial charge in [0.25, 0.3) is 5.91 Å². The number of rotatable bonds is 6. The second kappa shape index (κ2) is 9.40. The molecule has 160 valence electrons. The van der Waals surface area contributed by atoms with Crippen molar-refractivity contribution in [3.8, 4) is 0 Å². The Morgan fingerprint density at radius 3 is 2.93 bits per heavy atom. The summed E-state index contributed by atoms with van der Waals surface area (Å²) >= 11 is 6.04. The summed E-state index contributed by atoms with van der Waals surface area (Å²) in [6.45, 7) is 6.35. The summed E-state index contributed by atoms with van der Waals surface area (Å²) in [6.07, 6.45) is 4.89. The number of halogens is 2. The van der Waals surface area contributed by atoms with Crippen molar-refractivity contribution in [2.45, 2.75) is 26.4 Å². The Balaban J connectivity index is 1.73. The molecule has 2 amide bonds. The van der Waals surface area contributed by atoms with E-state index in [9.17, 15) is 14.0 Å². The van der Waals surface area contributed by atoms with E-state index in [1.165, 1.54) is 24.4 Å². The largest absolute Gasteiger partial charge is 0.330 e. The molecular formula is C21H25ClFN5O2. The fraction of sp³-hybridized carbons (Fsp3) is 0.381. The van der Waals surface area contributed by atoms with Crippen LogP contribution in [0.4, 0.5) is 10.1 Å². The van der Waals surface area contributed by atoms with Crippen molar-refractivity contribution in [2.75, 3.05) is 32.0 Å². The summed E-state index contributed by atoms with van der Waals surface area (Å²) in [5.74, 6) is -0.393. The highest BCUT2D eigenvalue weighted by atomic mass is 35.5. The average molecular weight is 434 g/mol. The van der Waals surface area contributed by atoms with E-state index < -0.39 is 11.7 Å². The number of fused-ring (bicyclic) bond motifs is 1. The molecule has 30 heavy (non-hydrogen) atoms. The first kappa shape index (κ1) is 22.0. The van der Waals surface area contributed by atoms with Gasteiger partial charge in [-0.1, -0.05) is 24.6 Å². The van der Waals surface area contributed by atoms with Crippen LogP contribution < -0.4 is 5.32 Å². The quantitative estimate of drug-likeness (QED) is 0.709. The minimum atomic E-state index is -0.495. The van der Waals surface area contributed by atoms with Crippen molar-refractivity contribution in [2.24, 2.45) is 0 Å². The van der Waals surface area contributed by atoms with Gasteiger partial charge in [0.2, 0.25) is 5.91 Å². The molecule has 1 aliphatic heterocycles. The lowest BCUT2D eigenvalue weighted by Gasteiger charge is -2.32. The number of anilines is 1. The molecule has 0 unspecified atom stereocenters. The van der Waals surface area contributed by atoms with Gasteiger partial charge >= 0.3 is 0 Å². The molecule has 2 aromatic rings. The summed E-state index contributed by atoms with van der Waals surface area (Å²) in [5.41, 5.74) is 0.532. The van der Waals surface area contributed by atoms with Gasteiger partial charge in [0.1, 0.15) is 17.3 Å². The number of carbonyl (C=O) groups excluding carboxylic acids is 2. The van der Waals surface area contributed by atoms with Crippen LogP contribution in [-0.4, -0.2) is 57.8 Å². The van der Waals surface area contributed by atoms with E-state index in [-0.39, 0.29) is 22.7 Å². The first-order chi connectivity index (χ1) is 14.3. The zero-order chi connectivity index (χ0) is 21.8. The Labute approximate surface area is 180 Å². The Bertz CT molecular complexity index is 974. The molecule has 0 aliphatic carbocycles. The molecule has 0 saturated carbocycles. The van der Waals surface area contributed by atoms with E-state index in [2.05, 4.69) is 22.1 Å². The molecule has 1 aliphatic rings. The summed E-state index contributed by atoms with van der Waals surface area (Å²) in [7, 11) is 1.98. The third-order valence-electron chi connectivity index (χ3n) is 5.07. The number of imidazole rings is 1. The van der Waals surface area contributed by atoms with Crippen LogP contribution in [0.5, 0.6) is 0 Å². The lowest BCUT2D eigenvalue weighted by molar-refractivity contribution is -0.128. The molecule has 1 atom stereocenters. The van der Waals surface area contributed by atoms with Gasteiger partial charge in [-0.05, 0) is 38.7 Å². The Hall–Kier alpha value is -2.71. The van der Waals surface area contributed by atoms with Crippen LogP contribution >= 0.6 is 11.6 Å². The maximum Gasteiger partial charge on any atom is 0.273 e. The molecule has 9 heteroatoms. The van der Waals surface area contributed by atoms with Crippen LogP contribution in [0.2, 0.25) is 5.02 Å². The van der Waals surface area contributed by atoms with E-state index in [1.807, 2.05) is 20.0 Å². The number of amides is 2. The third-order valence-corrected chi connectivity index (χ3v) is 5.40. The van der Waals surface area contributed by atoms with Crippen molar-refractivity contribution >= 4 is 29.1 Å². The van der Waals surface area contributed by atoms with Gasteiger partial charge in [-0.2, -0.15) is 0 Å². The maximum atomic E-state index is 13.5. The van der Waals surface area contributed by atoms with Crippen LogP contribution in [0, 0.1) is 5.82 Å². The number of hydrogen-bond acceptors (Lipinski definition) is 4. The lowest BCUT2D eigenvalue weighted by Crippen LogP contribution is -2.40. The third kappa shape index (κ3) is 4.88. The summed E-state index contributed by atoms with van der Waals surface area (Å²) in [5, 5.41) is 2.88. The van der Waals surface area contributed by atoms with E-state index in [0.29, 0.717) is 31.2 Å². The smallest absolute Gasteiger partial charge is 0.273 e. The zero-order valence-corrected chi connectivity index (χ0v) is 18.0. The van der Waals surface area contributed by atoms with E-state index >= 15 is 0 Å². The number of benzene rings is 1. The number of nitrogens with one attached hydrogen (secondary N) is 1. The van der Waals surface area contributed by atoms with Crippen molar-refractivity contribution < 1.29 is 14.0 Å². The van der Waals surface area contributed by atoms with Gasteiger partial charge in [0.15, 0.2) is 0 Å². The number of nitrogens with zero attached hydrogens (tertiary/aromatic N) is 4. The van der Waals surface area contributed by atoms with E-state index in [4.69, 9.17) is 11.6 Å². The molecule has 0 radical (unpaired) electrons. The van der Waals surface area contributed by atoms with E-state index in [1.54, 1.807) is 15.5 Å². The highest BCUT2D eigenvalue weighted by Gasteiger charge is 2.29. The number of likely N-dealkylation sites (N-methyl/N-ethyl adjacent to an activating group) is 1. The van der Waals surface area contributed by atoms with Crippen molar-refractivity contribution in [1.82, 2.24) is 19.4 Å². The zero-order valence-electron chi connectivity index (χ0n) is 17.2. The SMILES string of the molecule is CCN(C)C/C=C/C(=O)N1Cc2ncc(C(=O)Nc3cc(F)ccc3Cl)n2[C@@H](C)C1. The average Bonchev–Trinajstić information content (AvgIpc) is 3.15. The standard InChI is InChI=1S/C21H25ClFN5O2/c1-4-26(3)9-5-6-20(29)27-12-14(2)28-18(11-24-19(28)13-27)21(30)25-17-10-15(23)7-8-16(17)22/h5-8,10-11,14H,4,9,12-13H2,1-3H3,(H,25,30)/b6-5+/t14-/m0/s1. The van der Waals surface area contributed by atoms with Crippen molar-refractivity contribution in [3.63, 3.8) is 0 Å². The molecule has 1 N–H and O–H groups in total. The second-order valence-electron chi connectivity index (χ2n) is 7.33. The highest BCUT2D eigenvalue weighted by Crippen LogP contribution is 2.26. The maximum absolute atomic E-state index is 13.5. The Morgan fingerprint density at radius 1 is 1.43 bits per heavy atom. The van der Waals surface area contributed by atoms with Gasteiger partial charge < -0.3 is 19.7 Å². The predicted octanol–water partition coefficient (Wildman–Crippen LogP) is 3.34. The van der Waals surface area contributed by atoms with Crippen molar-refractivity contribution in [1.29, 1.82) is 0 Å². The summed E-state index contributed by atoms with van der Waals surface area (Å²) < 4.78 is 15.3. The fourth-order valence-corrected chi connectivity index (χ4v) is 3.49. The first-order valence-corrected chi connectivity index (χ1v) is 10.1. The van der Waals surface area contributed by atoms with Gasteiger partial charge in [-0.3, -0.25) is 9.59 Å². The normalized spacial score (nSPS) is 16.2. The number of aromatic nitrogens is 2. The van der Waals surface area contributed by atoms with Crippen molar-refractivity contribution in [3.05, 3.63) is 58.9 Å².